The molecule has 0 aromatic carbocycles. The quantitative estimate of drug-likeness (QED) is 0.758. The molecule has 2 saturated heterocycles. The van der Waals surface area contributed by atoms with Crippen molar-refractivity contribution in [1.82, 2.24) is 10.2 Å². The van der Waals surface area contributed by atoms with Crippen molar-refractivity contribution in [2.24, 2.45) is 0 Å². The number of aliphatic carboxylic acids is 1. The van der Waals surface area contributed by atoms with Gasteiger partial charge in [0.1, 0.15) is 6.61 Å². The Morgan fingerprint density at radius 3 is 2.67 bits per heavy atom. The van der Waals surface area contributed by atoms with Crippen LogP contribution >= 0.6 is 0 Å². The number of carbonyl (C=O) groups is 2. The van der Waals surface area contributed by atoms with Gasteiger partial charge in [-0.25, -0.2) is 9.59 Å². The van der Waals surface area contributed by atoms with Crippen molar-refractivity contribution in [3.8, 4) is 0 Å². The van der Waals surface area contributed by atoms with Crippen molar-refractivity contribution in [2.75, 3.05) is 32.8 Å². The molecule has 0 aliphatic carbocycles. The maximum atomic E-state index is 12.0. The fourth-order valence-electron chi connectivity index (χ4n) is 2.74. The zero-order valence-corrected chi connectivity index (χ0v) is 12.3. The number of rotatable bonds is 6. The minimum absolute atomic E-state index is 0.0512. The number of carboxylic acid groups (broad SMARTS) is 1. The fourth-order valence-corrected chi connectivity index (χ4v) is 2.74. The number of piperidine rings is 1. The lowest BCUT2D eigenvalue weighted by molar-refractivity contribution is -0.145. The van der Waals surface area contributed by atoms with Gasteiger partial charge in [-0.05, 0) is 32.1 Å². The average molecular weight is 300 g/mol. The largest absolute Gasteiger partial charge is 0.480 e. The molecule has 2 fully saturated rings. The highest BCUT2D eigenvalue weighted by atomic mass is 16.5. The smallest absolute Gasteiger partial charge is 0.329 e. The number of carboxylic acids is 1. The highest BCUT2D eigenvalue weighted by Crippen LogP contribution is 2.15. The molecule has 0 spiro atoms. The van der Waals surface area contributed by atoms with Gasteiger partial charge in [-0.2, -0.15) is 0 Å². The maximum Gasteiger partial charge on any atom is 0.329 e. The summed E-state index contributed by atoms with van der Waals surface area (Å²) in [4.78, 5) is 24.2. The van der Waals surface area contributed by atoms with Crippen molar-refractivity contribution in [2.45, 2.75) is 44.3 Å². The van der Waals surface area contributed by atoms with Gasteiger partial charge in [-0.3, -0.25) is 0 Å². The summed E-state index contributed by atoms with van der Waals surface area (Å²) in [6.07, 6.45) is 4.67. The molecular weight excluding hydrogens is 276 g/mol. The SMILES string of the molecule is O=C(O)COC1CCN(C(=O)NCCC2CCCO2)CC1. The summed E-state index contributed by atoms with van der Waals surface area (Å²) in [6.45, 7) is 2.42. The minimum Gasteiger partial charge on any atom is -0.480 e. The van der Waals surface area contributed by atoms with Gasteiger partial charge in [0.05, 0.1) is 12.2 Å². The Balaban J connectivity index is 1.57. The zero-order valence-electron chi connectivity index (χ0n) is 12.3. The molecule has 2 heterocycles. The number of nitrogens with one attached hydrogen (secondary N) is 1. The molecule has 0 saturated carbocycles. The predicted octanol–water partition coefficient (Wildman–Crippen LogP) is 0.831. The Kier molecular flexibility index (Phi) is 6.25. The molecule has 2 amide bonds. The standard InChI is InChI=1S/C14H24N2O5/c17-13(18)10-21-12-4-7-16(8-5-12)14(19)15-6-3-11-2-1-9-20-11/h11-12H,1-10H2,(H,15,19)(H,17,18). The van der Waals surface area contributed by atoms with E-state index in [2.05, 4.69) is 5.32 Å². The summed E-state index contributed by atoms with van der Waals surface area (Å²) >= 11 is 0. The number of amides is 2. The van der Waals surface area contributed by atoms with E-state index in [0.29, 0.717) is 38.6 Å². The van der Waals surface area contributed by atoms with Crippen LogP contribution in [0.5, 0.6) is 0 Å². The van der Waals surface area contributed by atoms with E-state index in [4.69, 9.17) is 14.6 Å². The first-order chi connectivity index (χ1) is 10.1. The van der Waals surface area contributed by atoms with Crippen LogP contribution in [-0.2, 0) is 14.3 Å². The van der Waals surface area contributed by atoms with E-state index in [0.717, 1.165) is 25.9 Å². The Labute approximate surface area is 124 Å². The number of nitrogens with zero attached hydrogens (tertiary/aromatic N) is 1. The molecule has 21 heavy (non-hydrogen) atoms. The van der Waals surface area contributed by atoms with E-state index in [1.54, 1.807) is 4.90 Å². The molecule has 1 atom stereocenters. The molecule has 0 bridgehead atoms. The van der Waals surface area contributed by atoms with Crippen LogP contribution in [0.2, 0.25) is 0 Å². The van der Waals surface area contributed by atoms with Crippen LogP contribution in [0.1, 0.15) is 32.1 Å². The third-order valence-electron chi connectivity index (χ3n) is 3.94. The lowest BCUT2D eigenvalue weighted by Gasteiger charge is -2.31. The van der Waals surface area contributed by atoms with Crippen LogP contribution in [0.15, 0.2) is 0 Å². The van der Waals surface area contributed by atoms with Crippen molar-refractivity contribution in [1.29, 1.82) is 0 Å². The van der Waals surface area contributed by atoms with Gasteiger partial charge in [0.25, 0.3) is 0 Å². The average Bonchev–Trinajstić information content (AvgIpc) is 2.99. The Hall–Kier alpha value is -1.34. The molecular formula is C14H24N2O5. The summed E-state index contributed by atoms with van der Waals surface area (Å²) in [5, 5.41) is 11.5. The van der Waals surface area contributed by atoms with Gasteiger partial charge in [0.2, 0.25) is 0 Å². The van der Waals surface area contributed by atoms with Gasteiger partial charge < -0.3 is 24.8 Å². The molecule has 2 aliphatic rings. The van der Waals surface area contributed by atoms with Gasteiger partial charge in [0, 0.05) is 26.2 Å². The normalized spacial score (nSPS) is 23.2. The van der Waals surface area contributed by atoms with E-state index in [1.807, 2.05) is 0 Å². The summed E-state index contributed by atoms with van der Waals surface area (Å²) in [5.74, 6) is -0.954. The predicted molar refractivity (Wildman–Crippen MR) is 75.2 cm³/mol. The molecule has 2 aliphatic heterocycles. The summed E-state index contributed by atoms with van der Waals surface area (Å²) < 4.78 is 10.8. The zero-order chi connectivity index (χ0) is 15.1. The van der Waals surface area contributed by atoms with Gasteiger partial charge in [-0.1, -0.05) is 0 Å². The maximum absolute atomic E-state index is 12.0. The number of urea groups is 1. The van der Waals surface area contributed by atoms with Crippen molar-refractivity contribution < 1.29 is 24.2 Å². The summed E-state index contributed by atoms with van der Waals surface area (Å²) in [6, 6.07) is -0.0512. The second-order valence-electron chi connectivity index (χ2n) is 5.55. The topological polar surface area (TPSA) is 88.1 Å². The molecule has 0 aromatic rings. The second kappa shape index (κ2) is 8.19. The van der Waals surface area contributed by atoms with Crippen LogP contribution in [-0.4, -0.2) is 67.1 Å². The first-order valence-electron chi connectivity index (χ1n) is 7.63. The number of likely N-dealkylation sites (tertiary alicyclic amines) is 1. The Morgan fingerprint density at radius 2 is 2.05 bits per heavy atom. The number of ether oxygens (including phenoxy) is 2. The monoisotopic (exact) mass is 300 g/mol. The van der Waals surface area contributed by atoms with E-state index in [1.165, 1.54) is 0 Å². The van der Waals surface area contributed by atoms with E-state index < -0.39 is 5.97 Å². The molecule has 1 unspecified atom stereocenters. The molecule has 0 radical (unpaired) electrons. The third kappa shape index (κ3) is 5.51. The van der Waals surface area contributed by atoms with Crippen LogP contribution in [0, 0.1) is 0 Å². The van der Waals surface area contributed by atoms with Crippen molar-refractivity contribution in [3.63, 3.8) is 0 Å². The second-order valence-corrected chi connectivity index (χ2v) is 5.55. The summed E-state index contributed by atoms with van der Waals surface area (Å²) in [5.41, 5.74) is 0. The Morgan fingerprint density at radius 1 is 1.29 bits per heavy atom. The van der Waals surface area contributed by atoms with Gasteiger partial charge in [0.15, 0.2) is 0 Å². The first-order valence-corrected chi connectivity index (χ1v) is 7.63. The molecule has 2 rings (SSSR count). The molecule has 120 valence electrons. The lowest BCUT2D eigenvalue weighted by atomic mass is 10.1. The van der Waals surface area contributed by atoms with Gasteiger partial charge in [-0.15, -0.1) is 0 Å². The first kappa shape index (κ1) is 16.0. The molecule has 2 N–H and O–H groups in total. The molecule has 0 aromatic heterocycles. The molecule has 7 heteroatoms. The minimum atomic E-state index is -0.954. The van der Waals surface area contributed by atoms with Crippen molar-refractivity contribution in [3.05, 3.63) is 0 Å². The van der Waals surface area contributed by atoms with Crippen LogP contribution in [0.25, 0.3) is 0 Å². The number of carbonyl (C=O) groups excluding carboxylic acids is 1. The lowest BCUT2D eigenvalue weighted by Crippen LogP contribution is -2.46. The molecule has 7 nitrogen and oxygen atoms in total. The van der Waals surface area contributed by atoms with E-state index in [-0.39, 0.29) is 18.7 Å². The summed E-state index contributed by atoms with van der Waals surface area (Å²) in [7, 11) is 0. The van der Waals surface area contributed by atoms with Gasteiger partial charge >= 0.3 is 12.0 Å². The highest BCUT2D eigenvalue weighted by molar-refractivity contribution is 5.74. The highest BCUT2D eigenvalue weighted by Gasteiger charge is 2.24. The fraction of sp³-hybridized carbons (Fsp3) is 0.857. The van der Waals surface area contributed by atoms with E-state index in [9.17, 15) is 9.59 Å². The number of hydrogen-bond acceptors (Lipinski definition) is 4. The third-order valence-corrected chi connectivity index (χ3v) is 3.94. The van der Waals surface area contributed by atoms with E-state index >= 15 is 0 Å². The Bertz CT molecular complexity index is 349. The van der Waals surface area contributed by atoms with Crippen LogP contribution in [0.4, 0.5) is 4.79 Å². The van der Waals surface area contributed by atoms with Crippen molar-refractivity contribution >= 4 is 12.0 Å². The van der Waals surface area contributed by atoms with Crippen LogP contribution in [0.3, 0.4) is 0 Å². The van der Waals surface area contributed by atoms with Crippen LogP contribution < -0.4 is 5.32 Å². The number of hydrogen-bond donors (Lipinski definition) is 2.